The van der Waals surface area contributed by atoms with Crippen LogP contribution in [0.25, 0.3) is 0 Å². The molecule has 0 N–H and O–H groups in total. The van der Waals surface area contributed by atoms with Crippen molar-refractivity contribution in [2.45, 2.75) is 25.7 Å². The zero-order chi connectivity index (χ0) is 25.9. The molecule has 190 valence electrons. The van der Waals surface area contributed by atoms with E-state index in [1.165, 1.54) is 27.0 Å². The third-order valence-electron chi connectivity index (χ3n) is 7.19. The molecule has 0 radical (unpaired) electrons. The van der Waals surface area contributed by atoms with E-state index in [9.17, 15) is 0 Å². The first-order valence-corrected chi connectivity index (χ1v) is 15.6. The number of hydrogen-bond donors (Lipinski definition) is 0. The summed E-state index contributed by atoms with van der Waals surface area (Å²) in [5.74, 6) is 0.955. The van der Waals surface area contributed by atoms with Crippen LogP contribution in [0.3, 0.4) is 0 Å². The lowest BCUT2D eigenvalue weighted by molar-refractivity contribution is 0.307. The predicted octanol–water partition coefficient (Wildman–Crippen LogP) is 7.62. The molecule has 0 spiro atoms. The van der Waals surface area contributed by atoms with Gasteiger partial charge in [0, 0.05) is 6.42 Å². The normalized spacial score (nSPS) is 11.3. The second kappa shape index (κ2) is 13.2. The van der Waals surface area contributed by atoms with Crippen molar-refractivity contribution in [1.82, 2.24) is 0 Å². The molecule has 0 aromatic heterocycles. The zero-order valence-electron chi connectivity index (χ0n) is 22.0. The summed E-state index contributed by atoms with van der Waals surface area (Å²) >= 11 is 0. The first kappa shape index (κ1) is 26.0. The molecule has 0 bridgehead atoms. The molecule has 5 aromatic carbocycles. The molecule has 0 saturated carbocycles. The molecule has 1 nitrogen and oxygen atoms in total. The number of hydrogen-bond acceptors (Lipinski definition) is 1. The minimum Gasteiger partial charge on any atom is -0.494 e. The van der Waals surface area contributed by atoms with Crippen molar-refractivity contribution < 1.29 is 4.74 Å². The van der Waals surface area contributed by atoms with Crippen LogP contribution in [0, 0.1) is 0 Å². The maximum atomic E-state index is 5.87. The monoisotopic (exact) mass is 515 g/mol. The molecule has 0 aliphatic carbocycles. The van der Waals surface area contributed by atoms with Gasteiger partial charge in [0.2, 0.25) is 0 Å². The van der Waals surface area contributed by atoms with Crippen LogP contribution >= 0.6 is 7.26 Å². The first-order valence-electron chi connectivity index (χ1n) is 13.7. The Kier molecular flexibility index (Phi) is 9.03. The minimum atomic E-state index is -1.81. The highest BCUT2D eigenvalue weighted by Gasteiger charge is 2.44. The lowest BCUT2D eigenvalue weighted by Gasteiger charge is -2.28. The van der Waals surface area contributed by atoms with Crippen LogP contribution in [0.4, 0.5) is 0 Å². The molecular weight excluding hydrogens is 479 g/mol. The topological polar surface area (TPSA) is 9.23 Å². The Morgan fingerprint density at radius 2 is 0.921 bits per heavy atom. The van der Waals surface area contributed by atoms with Crippen LogP contribution in [0.2, 0.25) is 0 Å². The van der Waals surface area contributed by atoms with E-state index in [1.807, 2.05) is 30.3 Å². The molecule has 0 aliphatic heterocycles. The lowest BCUT2D eigenvalue weighted by Crippen LogP contribution is -2.34. The average Bonchev–Trinajstić information content (AvgIpc) is 3.00. The molecule has 0 heterocycles. The third-order valence-corrected chi connectivity index (χ3v) is 11.6. The van der Waals surface area contributed by atoms with Gasteiger partial charge in [-0.1, -0.05) is 97.1 Å². The van der Waals surface area contributed by atoms with E-state index >= 15 is 0 Å². The van der Waals surface area contributed by atoms with E-state index in [1.54, 1.807) is 0 Å². The van der Waals surface area contributed by atoms with Crippen molar-refractivity contribution in [2.24, 2.45) is 0 Å². The van der Waals surface area contributed by atoms with Gasteiger partial charge in [-0.25, -0.2) is 0 Å². The summed E-state index contributed by atoms with van der Waals surface area (Å²) in [5, 5.41) is 4.35. The van der Waals surface area contributed by atoms with Gasteiger partial charge in [-0.2, -0.15) is 0 Å². The summed E-state index contributed by atoms with van der Waals surface area (Å²) < 4.78 is 5.87. The van der Waals surface area contributed by atoms with Crippen LogP contribution in [0.15, 0.2) is 146 Å². The third kappa shape index (κ3) is 6.42. The molecule has 0 saturated heterocycles. The minimum absolute atomic E-state index is 0.766. The van der Waals surface area contributed by atoms with Gasteiger partial charge < -0.3 is 4.74 Å². The molecule has 0 atom stereocenters. The second-order valence-electron chi connectivity index (χ2n) is 9.73. The number of ether oxygens (including phenoxy) is 1. The number of rotatable bonds is 12. The Balaban J connectivity index is 1.32. The van der Waals surface area contributed by atoms with E-state index in [-0.39, 0.29) is 0 Å². The number of unbranched alkanes of at least 4 members (excludes halogenated alkanes) is 1. The fourth-order valence-corrected chi connectivity index (χ4v) is 9.56. The molecule has 2 heteroatoms. The summed E-state index contributed by atoms with van der Waals surface area (Å²) in [7, 11) is -1.81. The largest absolute Gasteiger partial charge is 0.494 e. The summed E-state index contributed by atoms with van der Waals surface area (Å²) in [6.07, 6.45) is 5.44. The first-order chi connectivity index (χ1) is 18.8. The van der Waals surface area contributed by atoms with Gasteiger partial charge in [0.25, 0.3) is 0 Å². The van der Waals surface area contributed by atoms with Gasteiger partial charge in [-0.15, -0.1) is 0 Å². The Labute approximate surface area is 228 Å². The molecule has 38 heavy (non-hydrogen) atoms. The number of para-hydroxylation sites is 1. The highest BCUT2D eigenvalue weighted by Crippen LogP contribution is 2.55. The highest BCUT2D eigenvalue weighted by molar-refractivity contribution is 7.95. The van der Waals surface area contributed by atoms with E-state index in [4.69, 9.17) is 4.74 Å². The molecular formula is C36H36OP+. The summed E-state index contributed by atoms with van der Waals surface area (Å²) in [6.45, 7) is 0.766. The Hall–Kier alpha value is -3.67. The van der Waals surface area contributed by atoms with Crippen LogP contribution in [0.1, 0.15) is 24.0 Å². The maximum Gasteiger partial charge on any atom is 0.119 e. The smallest absolute Gasteiger partial charge is 0.119 e. The van der Waals surface area contributed by atoms with E-state index < -0.39 is 7.26 Å². The number of benzene rings is 5. The molecule has 5 rings (SSSR count). The van der Waals surface area contributed by atoms with Gasteiger partial charge in [-0.3, -0.25) is 0 Å². The SMILES string of the molecule is c1ccc(OCCCCc2cccc(CC[P+](c3ccccc3)(c3ccccc3)c3ccccc3)c2)cc1. The van der Waals surface area contributed by atoms with Crippen molar-refractivity contribution in [1.29, 1.82) is 0 Å². The molecule has 0 amide bonds. The van der Waals surface area contributed by atoms with E-state index in [0.29, 0.717) is 0 Å². The quantitative estimate of drug-likeness (QED) is 0.123. The van der Waals surface area contributed by atoms with Gasteiger partial charge in [0.15, 0.2) is 0 Å². The highest BCUT2D eigenvalue weighted by atomic mass is 31.2. The Morgan fingerprint density at radius 1 is 0.447 bits per heavy atom. The maximum absolute atomic E-state index is 5.87. The van der Waals surface area contributed by atoms with Crippen LogP contribution in [-0.2, 0) is 12.8 Å². The van der Waals surface area contributed by atoms with Crippen molar-refractivity contribution in [3.63, 3.8) is 0 Å². The Morgan fingerprint density at radius 3 is 1.45 bits per heavy atom. The van der Waals surface area contributed by atoms with E-state index in [2.05, 4.69) is 115 Å². The molecule has 0 unspecified atom stereocenters. The second-order valence-corrected chi connectivity index (χ2v) is 13.3. The van der Waals surface area contributed by atoms with Gasteiger partial charge in [-0.05, 0) is 78.9 Å². The molecule has 0 fully saturated rings. The summed E-state index contributed by atoms with van der Waals surface area (Å²) in [4.78, 5) is 0. The average molecular weight is 516 g/mol. The van der Waals surface area contributed by atoms with Crippen molar-refractivity contribution in [3.8, 4) is 5.75 Å². The van der Waals surface area contributed by atoms with Crippen molar-refractivity contribution in [2.75, 3.05) is 12.8 Å². The fraction of sp³-hybridized carbons (Fsp3) is 0.167. The fourth-order valence-electron chi connectivity index (χ4n) is 5.26. The summed E-state index contributed by atoms with van der Waals surface area (Å²) in [5.41, 5.74) is 2.85. The van der Waals surface area contributed by atoms with Crippen molar-refractivity contribution >= 4 is 23.2 Å². The number of aryl methyl sites for hydroxylation is 2. The van der Waals surface area contributed by atoms with Crippen LogP contribution in [0.5, 0.6) is 5.75 Å². The Bertz CT molecular complexity index is 1270. The van der Waals surface area contributed by atoms with Gasteiger partial charge in [0.1, 0.15) is 28.9 Å². The van der Waals surface area contributed by atoms with Crippen LogP contribution in [-0.4, -0.2) is 12.8 Å². The van der Waals surface area contributed by atoms with Crippen LogP contribution < -0.4 is 20.7 Å². The predicted molar refractivity (Wildman–Crippen MR) is 165 cm³/mol. The zero-order valence-corrected chi connectivity index (χ0v) is 22.8. The van der Waals surface area contributed by atoms with E-state index in [0.717, 1.165) is 44.2 Å². The summed E-state index contributed by atoms with van der Waals surface area (Å²) in [6, 6.07) is 52.9. The van der Waals surface area contributed by atoms with Gasteiger partial charge in [0.05, 0.1) is 12.8 Å². The molecule has 0 aliphatic rings. The standard InChI is InChI=1S/C36H36OP/c1-5-19-33(20-6-1)37-28-14-13-16-31-17-15-18-32(30-31)27-29-38(34-21-7-2-8-22-34,35-23-9-3-10-24-35)36-25-11-4-12-26-36/h1-12,15,17-26,30H,13-14,16,27-29H2/q+1. The van der Waals surface area contributed by atoms with Crippen molar-refractivity contribution in [3.05, 3.63) is 157 Å². The van der Waals surface area contributed by atoms with Gasteiger partial charge >= 0.3 is 0 Å². The lowest BCUT2D eigenvalue weighted by atomic mass is 10.0. The molecule has 5 aromatic rings.